The zero-order valence-corrected chi connectivity index (χ0v) is 10.2. The van der Waals surface area contributed by atoms with Gasteiger partial charge in [0.15, 0.2) is 0 Å². The van der Waals surface area contributed by atoms with E-state index in [0.29, 0.717) is 18.2 Å². The number of aromatic nitrogens is 2. The molecule has 2 aromatic rings. The zero-order chi connectivity index (χ0) is 13.1. The summed E-state index contributed by atoms with van der Waals surface area (Å²) in [7, 11) is 0. The average Bonchev–Trinajstić information content (AvgIpc) is 2.76. The van der Waals surface area contributed by atoms with Crippen molar-refractivity contribution in [1.29, 1.82) is 0 Å². The van der Waals surface area contributed by atoms with Crippen LogP contribution in [0.25, 0.3) is 0 Å². The maximum atomic E-state index is 10.5. The van der Waals surface area contributed by atoms with Crippen LogP contribution >= 0.6 is 0 Å². The van der Waals surface area contributed by atoms with Crippen molar-refractivity contribution in [3.63, 3.8) is 0 Å². The van der Waals surface area contributed by atoms with Crippen molar-refractivity contribution >= 4 is 5.69 Å². The first-order chi connectivity index (χ1) is 8.56. The molecule has 0 aliphatic heterocycles. The van der Waals surface area contributed by atoms with E-state index in [0.717, 1.165) is 5.56 Å². The quantitative estimate of drug-likeness (QED) is 0.612. The highest BCUT2D eigenvalue weighted by Crippen LogP contribution is 2.20. The summed E-state index contributed by atoms with van der Waals surface area (Å²) in [4.78, 5) is 10.1. The molecule has 0 aliphatic rings. The largest absolute Gasteiger partial charge is 0.425 e. The average molecular weight is 247 g/mol. The summed E-state index contributed by atoms with van der Waals surface area (Å²) in [6, 6.07) is 6.50. The summed E-state index contributed by atoms with van der Waals surface area (Å²) < 4.78 is 5.35. The number of non-ortho nitro benzene ring substituents is 1. The third kappa shape index (κ3) is 2.71. The van der Waals surface area contributed by atoms with Crippen molar-refractivity contribution in [2.24, 2.45) is 0 Å². The van der Waals surface area contributed by atoms with Gasteiger partial charge < -0.3 is 4.42 Å². The van der Waals surface area contributed by atoms with Crippen LogP contribution in [0.2, 0.25) is 0 Å². The summed E-state index contributed by atoms with van der Waals surface area (Å²) >= 11 is 0. The number of nitro groups is 1. The molecular formula is C12H13N3O3. The summed E-state index contributed by atoms with van der Waals surface area (Å²) in [6.45, 7) is 3.73. The molecule has 1 atom stereocenters. The molecule has 1 aromatic heterocycles. The van der Waals surface area contributed by atoms with Crippen molar-refractivity contribution < 1.29 is 9.34 Å². The molecule has 0 saturated heterocycles. The van der Waals surface area contributed by atoms with Crippen LogP contribution in [0, 0.1) is 17.0 Å². The number of benzene rings is 1. The Labute approximate surface area is 104 Å². The molecule has 0 saturated carbocycles. The van der Waals surface area contributed by atoms with E-state index in [1.54, 1.807) is 19.1 Å². The summed E-state index contributed by atoms with van der Waals surface area (Å²) in [6.07, 6.45) is 0.708. The minimum Gasteiger partial charge on any atom is -0.425 e. The van der Waals surface area contributed by atoms with Crippen molar-refractivity contribution in [2.75, 3.05) is 0 Å². The van der Waals surface area contributed by atoms with Crippen LogP contribution in [0.1, 0.15) is 30.2 Å². The normalized spacial score (nSPS) is 12.3. The van der Waals surface area contributed by atoms with E-state index < -0.39 is 4.92 Å². The standard InChI is InChI=1S/C12H13N3O3/c1-8(12-14-13-9(2)18-12)7-10-3-5-11(6-4-10)15(16)17/h3-6,8H,7H2,1-2H3. The Hall–Kier alpha value is -2.24. The predicted octanol–water partition coefficient (Wildman–Crippen LogP) is 2.63. The van der Waals surface area contributed by atoms with Crippen LogP contribution in [0.15, 0.2) is 28.7 Å². The molecule has 1 aromatic carbocycles. The molecular weight excluding hydrogens is 234 g/mol. The third-order valence-corrected chi connectivity index (χ3v) is 2.65. The maximum Gasteiger partial charge on any atom is 0.269 e. The molecule has 0 N–H and O–H groups in total. The van der Waals surface area contributed by atoms with Gasteiger partial charge in [-0.25, -0.2) is 0 Å². The Morgan fingerprint density at radius 3 is 2.50 bits per heavy atom. The van der Waals surface area contributed by atoms with Gasteiger partial charge in [-0.3, -0.25) is 10.1 Å². The lowest BCUT2D eigenvalue weighted by Crippen LogP contribution is -1.99. The van der Waals surface area contributed by atoms with Gasteiger partial charge in [0.2, 0.25) is 11.8 Å². The van der Waals surface area contributed by atoms with E-state index in [1.165, 1.54) is 12.1 Å². The van der Waals surface area contributed by atoms with Crippen molar-refractivity contribution in [3.8, 4) is 0 Å². The summed E-state index contributed by atoms with van der Waals surface area (Å²) in [5, 5.41) is 18.3. The Morgan fingerprint density at radius 2 is 2.00 bits per heavy atom. The van der Waals surface area contributed by atoms with Gasteiger partial charge in [-0.15, -0.1) is 10.2 Å². The fraction of sp³-hybridized carbons (Fsp3) is 0.333. The molecule has 94 valence electrons. The Balaban J connectivity index is 2.07. The summed E-state index contributed by atoms with van der Waals surface area (Å²) in [5.41, 5.74) is 1.10. The minimum atomic E-state index is -0.408. The smallest absolute Gasteiger partial charge is 0.269 e. The highest BCUT2D eigenvalue weighted by molar-refractivity contribution is 5.33. The van der Waals surface area contributed by atoms with Crippen molar-refractivity contribution in [3.05, 3.63) is 51.7 Å². The Bertz CT molecular complexity index is 548. The van der Waals surface area contributed by atoms with Gasteiger partial charge in [0, 0.05) is 25.0 Å². The van der Waals surface area contributed by atoms with Crippen molar-refractivity contribution in [1.82, 2.24) is 10.2 Å². The number of hydrogen-bond acceptors (Lipinski definition) is 5. The lowest BCUT2D eigenvalue weighted by Gasteiger charge is -2.06. The zero-order valence-electron chi connectivity index (χ0n) is 10.2. The number of aryl methyl sites for hydroxylation is 1. The molecule has 1 unspecified atom stereocenters. The number of nitro benzene ring substituents is 1. The molecule has 0 aliphatic carbocycles. The van der Waals surface area contributed by atoms with Crippen LogP contribution in [-0.2, 0) is 6.42 Å². The number of hydrogen-bond donors (Lipinski definition) is 0. The molecule has 2 rings (SSSR count). The minimum absolute atomic E-state index is 0.0904. The summed E-state index contributed by atoms with van der Waals surface area (Å²) in [5.74, 6) is 1.22. The van der Waals surface area contributed by atoms with Crippen LogP contribution < -0.4 is 0 Å². The van der Waals surface area contributed by atoms with Gasteiger partial charge in [-0.05, 0) is 12.0 Å². The second-order valence-corrected chi connectivity index (χ2v) is 4.19. The van der Waals surface area contributed by atoms with Crippen molar-refractivity contribution in [2.45, 2.75) is 26.2 Å². The second-order valence-electron chi connectivity index (χ2n) is 4.19. The first-order valence-corrected chi connectivity index (χ1v) is 5.59. The molecule has 18 heavy (non-hydrogen) atoms. The fourth-order valence-corrected chi connectivity index (χ4v) is 1.71. The Morgan fingerprint density at radius 1 is 1.33 bits per heavy atom. The lowest BCUT2D eigenvalue weighted by molar-refractivity contribution is -0.384. The van der Waals surface area contributed by atoms with Gasteiger partial charge in [0.05, 0.1) is 4.92 Å². The topological polar surface area (TPSA) is 82.1 Å². The van der Waals surface area contributed by atoms with E-state index in [1.807, 2.05) is 6.92 Å². The molecule has 0 bridgehead atoms. The van der Waals surface area contributed by atoms with Crippen LogP contribution in [0.3, 0.4) is 0 Å². The van der Waals surface area contributed by atoms with E-state index in [2.05, 4.69) is 10.2 Å². The van der Waals surface area contributed by atoms with Gasteiger partial charge >= 0.3 is 0 Å². The molecule has 6 nitrogen and oxygen atoms in total. The van der Waals surface area contributed by atoms with E-state index >= 15 is 0 Å². The monoisotopic (exact) mass is 247 g/mol. The van der Waals surface area contributed by atoms with Crippen LogP contribution in [0.4, 0.5) is 5.69 Å². The van der Waals surface area contributed by atoms with Crippen LogP contribution in [0.5, 0.6) is 0 Å². The molecule has 0 radical (unpaired) electrons. The van der Waals surface area contributed by atoms with Gasteiger partial charge in [-0.2, -0.15) is 0 Å². The molecule has 1 heterocycles. The Kier molecular flexibility index (Phi) is 3.36. The molecule has 6 heteroatoms. The third-order valence-electron chi connectivity index (χ3n) is 2.65. The van der Waals surface area contributed by atoms with Gasteiger partial charge in [0.25, 0.3) is 5.69 Å². The van der Waals surface area contributed by atoms with Gasteiger partial charge in [-0.1, -0.05) is 19.1 Å². The van der Waals surface area contributed by atoms with E-state index in [-0.39, 0.29) is 11.6 Å². The first kappa shape index (κ1) is 12.2. The highest BCUT2D eigenvalue weighted by atomic mass is 16.6. The van der Waals surface area contributed by atoms with E-state index in [9.17, 15) is 10.1 Å². The lowest BCUT2D eigenvalue weighted by atomic mass is 10.0. The molecule has 0 spiro atoms. The molecule has 0 amide bonds. The maximum absolute atomic E-state index is 10.5. The first-order valence-electron chi connectivity index (χ1n) is 5.59. The second kappa shape index (κ2) is 4.95. The number of rotatable bonds is 4. The highest BCUT2D eigenvalue weighted by Gasteiger charge is 2.14. The molecule has 0 fully saturated rings. The predicted molar refractivity (Wildman–Crippen MR) is 64.3 cm³/mol. The van der Waals surface area contributed by atoms with Crippen LogP contribution in [-0.4, -0.2) is 15.1 Å². The fourth-order valence-electron chi connectivity index (χ4n) is 1.71. The van der Waals surface area contributed by atoms with E-state index in [4.69, 9.17) is 4.42 Å². The van der Waals surface area contributed by atoms with Gasteiger partial charge in [0.1, 0.15) is 0 Å². The number of nitrogens with zero attached hydrogens (tertiary/aromatic N) is 3. The SMILES string of the molecule is Cc1nnc(C(C)Cc2ccc([N+](=O)[O-])cc2)o1.